The second-order valence-corrected chi connectivity index (χ2v) is 7.92. The van der Waals surface area contributed by atoms with Gasteiger partial charge in [-0.25, -0.2) is 9.97 Å². The van der Waals surface area contributed by atoms with Crippen LogP contribution in [0.4, 0.5) is 13.2 Å². The number of aromatic nitrogens is 2. The van der Waals surface area contributed by atoms with Crippen molar-refractivity contribution in [3.63, 3.8) is 0 Å². The Hall–Kier alpha value is -2.68. The fourth-order valence-corrected chi connectivity index (χ4v) is 3.33. The van der Waals surface area contributed by atoms with E-state index in [0.717, 1.165) is 12.8 Å². The number of hydrogen-bond donors (Lipinski definition) is 1. The largest absolute Gasteiger partial charge is 0.484 e. The number of carbonyl (C=O) groups is 2. The van der Waals surface area contributed by atoms with Gasteiger partial charge in [-0.05, 0) is 50.5 Å². The van der Waals surface area contributed by atoms with Crippen LogP contribution in [0.25, 0.3) is 0 Å². The number of aryl methyl sites for hydroxylation is 1. The van der Waals surface area contributed by atoms with Crippen molar-refractivity contribution < 1.29 is 27.5 Å². The highest BCUT2D eigenvalue weighted by Gasteiger charge is 2.30. The Morgan fingerprint density at radius 3 is 2.58 bits per heavy atom. The monoisotopic (exact) mass is 455 g/mol. The minimum absolute atomic E-state index is 0.0269. The second-order valence-electron chi connectivity index (χ2n) is 7.51. The standard InChI is InChI=1S/C21H21ClF3N3O3/c1-11-7-17(28-19(26-11)9-18(29)13-3-4-13)20(30)27-12(2)15-6-5-14(8-16(15)22)31-10-21(23,24)25/h5-8,12-13H,3-4,9-10H2,1-2H3,(H,27,30). The number of rotatable bonds is 8. The molecule has 6 nitrogen and oxygen atoms in total. The van der Waals surface area contributed by atoms with Gasteiger partial charge >= 0.3 is 6.18 Å². The first-order chi connectivity index (χ1) is 14.5. The van der Waals surface area contributed by atoms with Crippen LogP contribution in [0.1, 0.15) is 53.4 Å². The molecule has 1 atom stereocenters. The summed E-state index contributed by atoms with van der Waals surface area (Å²) in [5.41, 5.74) is 1.19. The van der Waals surface area contributed by atoms with Crippen molar-refractivity contribution in [2.45, 2.75) is 45.3 Å². The van der Waals surface area contributed by atoms with E-state index in [0.29, 0.717) is 17.1 Å². The molecule has 2 aromatic rings. The average molecular weight is 456 g/mol. The summed E-state index contributed by atoms with van der Waals surface area (Å²) in [7, 11) is 0. The number of halogens is 4. The van der Waals surface area contributed by atoms with Gasteiger partial charge in [-0.15, -0.1) is 0 Å². The number of hydrogen-bond acceptors (Lipinski definition) is 5. The molecule has 0 radical (unpaired) electrons. The molecule has 1 saturated carbocycles. The summed E-state index contributed by atoms with van der Waals surface area (Å²) in [5, 5.41) is 2.91. The number of Topliss-reactive ketones (excluding diaryl/α,β-unsaturated/α-hetero) is 1. The van der Waals surface area contributed by atoms with Gasteiger partial charge in [0.15, 0.2) is 6.61 Å². The molecule has 1 aromatic carbocycles. The lowest BCUT2D eigenvalue weighted by molar-refractivity contribution is -0.153. The Bertz CT molecular complexity index is 994. The summed E-state index contributed by atoms with van der Waals surface area (Å²) < 4.78 is 41.5. The van der Waals surface area contributed by atoms with E-state index in [1.54, 1.807) is 13.8 Å². The topological polar surface area (TPSA) is 81.2 Å². The molecule has 3 rings (SSSR count). The number of ether oxygens (including phenoxy) is 1. The van der Waals surface area contributed by atoms with Crippen molar-refractivity contribution in [1.82, 2.24) is 15.3 Å². The fraction of sp³-hybridized carbons (Fsp3) is 0.429. The molecule has 1 unspecified atom stereocenters. The van der Waals surface area contributed by atoms with Gasteiger partial charge in [0, 0.05) is 16.6 Å². The van der Waals surface area contributed by atoms with Crippen LogP contribution in [0.5, 0.6) is 5.75 Å². The molecule has 1 aliphatic rings. The number of nitrogens with zero attached hydrogens (tertiary/aromatic N) is 2. The fourth-order valence-electron chi connectivity index (χ4n) is 2.99. The first-order valence-electron chi connectivity index (χ1n) is 9.69. The molecule has 1 N–H and O–H groups in total. The molecule has 1 heterocycles. The zero-order valence-electron chi connectivity index (χ0n) is 16.9. The first-order valence-corrected chi connectivity index (χ1v) is 10.1. The number of carbonyl (C=O) groups excluding carboxylic acids is 2. The van der Waals surface area contributed by atoms with Gasteiger partial charge in [0.2, 0.25) is 0 Å². The van der Waals surface area contributed by atoms with E-state index in [-0.39, 0.29) is 34.6 Å². The molecule has 1 aromatic heterocycles. The Morgan fingerprint density at radius 1 is 1.26 bits per heavy atom. The van der Waals surface area contributed by atoms with E-state index in [4.69, 9.17) is 11.6 Å². The third kappa shape index (κ3) is 6.65. The molecule has 0 saturated heterocycles. The molecule has 31 heavy (non-hydrogen) atoms. The lowest BCUT2D eigenvalue weighted by Gasteiger charge is -2.17. The number of amides is 1. The maximum absolute atomic E-state index is 12.7. The second kappa shape index (κ2) is 9.21. The van der Waals surface area contributed by atoms with E-state index in [1.165, 1.54) is 24.3 Å². The zero-order valence-corrected chi connectivity index (χ0v) is 17.7. The Morgan fingerprint density at radius 2 is 1.97 bits per heavy atom. The van der Waals surface area contributed by atoms with Crippen molar-refractivity contribution in [3.05, 3.63) is 52.1 Å². The molecular formula is C21H21ClF3N3O3. The quantitative estimate of drug-likeness (QED) is 0.638. The molecule has 1 amide bonds. The van der Waals surface area contributed by atoms with Gasteiger partial charge in [0.1, 0.15) is 23.1 Å². The molecule has 0 bridgehead atoms. The number of alkyl halides is 3. The molecular weight excluding hydrogens is 435 g/mol. The minimum atomic E-state index is -4.45. The van der Waals surface area contributed by atoms with E-state index in [9.17, 15) is 22.8 Å². The van der Waals surface area contributed by atoms with Crippen molar-refractivity contribution in [3.8, 4) is 5.75 Å². The smallest absolute Gasteiger partial charge is 0.422 e. The van der Waals surface area contributed by atoms with Crippen LogP contribution in [0.3, 0.4) is 0 Å². The number of benzene rings is 1. The predicted octanol–water partition coefficient (Wildman–Crippen LogP) is 4.39. The van der Waals surface area contributed by atoms with Crippen LogP contribution in [-0.2, 0) is 11.2 Å². The van der Waals surface area contributed by atoms with Crippen LogP contribution in [-0.4, -0.2) is 34.4 Å². The maximum atomic E-state index is 12.7. The van der Waals surface area contributed by atoms with Gasteiger partial charge in [0.05, 0.1) is 12.5 Å². The molecule has 0 aliphatic heterocycles. The SMILES string of the molecule is Cc1cc(C(=O)NC(C)c2ccc(OCC(F)(F)F)cc2Cl)nc(CC(=O)C2CC2)n1. The molecule has 1 aliphatic carbocycles. The van der Waals surface area contributed by atoms with Crippen LogP contribution in [0, 0.1) is 12.8 Å². The predicted molar refractivity (Wildman–Crippen MR) is 107 cm³/mol. The van der Waals surface area contributed by atoms with Crippen molar-refractivity contribution in [2.24, 2.45) is 5.92 Å². The molecule has 0 spiro atoms. The number of ketones is 1. The summed E-state index contributed by atoms with van der Waals surface area (Å²) >= 11 is 6.17. The third-order valence-corrected chi connectivity index (χ3v) is 5.01. The summed E-state index contributed by atoms with van der Waals surface area (Å²) in [6.45, 7) is 1.97. The van der Waals surface area contributed by atoms with Crippen molar-refractivity contribution in [1.29, 1.82) is 0 Å². The van der Waals surface area contributed by atoms with Crippen molar-refractivity contribution >= 4 is 23.3 Å². The lowest BCUT2D eigenvalue weighted by atomic mass is 10.1. The molecule has 166 valence electrons. The minimum Gasteiger partial charge on any atom is -0.484 e. The van der Waals surface area contributed by atoms with Gasteiger partial charge in [-0.2, -0.15) is 13.2 Å². The van der Waals surface area contributed by atoms with Crippen molar-refractivity contribution in [2.75, 3.05) is 6.61 Å². The van der Waals surface area contributed by atoms with Gasteiger partial charge in [-0.1, -0.05) is 17.7 Å². The normalized spacial score (nSPS) is 14.8. The van der Waals surface area contributed by atoms with E-state index in [1.807, 2.05) is 0 Å². The van der Waals surface area contributed by atoms with E-state index < -0.39 is 24.7 Å². The first kappa shape index (κ1) is 23.0. The van der Waals surface area contributed by atoms with Gasteiger partial charge in [-0.3, -0.25) is 9.59 Å². The molecule has 1 fully saturated rings. The number of nitrogens with one attached hydrogen (secondary N) is 1. The summed E-state index contributed by atoms with van der Waals surface area (Å²) in [6, 6.07) is 5.07. The van der Waals surface area contributed by atoms with Gasteiger partial charge in [0.25, 0.3) is 5.91 Å². The summed E-state index contributed by atoms with van der Waals surface area (Å²) in [6.07, 6.45) is -2.59. The maximum Gasteiger partial charge on any atom is 0.422 e. The van der Waals surface area contributed by atoms with Crippen LogP contribution < -0.4 is 10.1 Å². The highest BCUT2D eigenvalue weighted by Crippen LogP contribution is 2.31. The highest BCUT2D eigenvalue weighted by atomic mass is 35.5. The summed E-state index contributed by atoms with van der Waals surface area (Å²) in [5.74, 6) is -0.0527. The Kier molecular flexibility index (Phi) is 6.83. The molecule has 10 heteroatoms. The van der Waals surface area contributed by atoms with Crippen LogP contribution in [0.15, 0.2) is 24.3 Å². The zero-order chi connectivity index (χ0) is 22.8. The summed E-state index contributed by atoms with van der Waals surface area (Å²) in [4.78, 5) is 33.2. The van der Waals surface area contributed by atoms with Crippen LogP contribution in [0.2, 0.25) is 5.02 Å². The lowest BCUT2D eigenvalue weighted by Crippen LogP contribution is -2.28. The Balaban J connectivity index is 1.67. The van der Waals surface area contributed by atoms with Crippen LogP contribution >= 0.6 is 11.6 Å². The van der Waals surface area contributed by atoms with E-state index in [2.05, 4.69) is 20.0 Å². The third-order valence-electron chi connectivity index (χ3n) is 4.69. The average Bonchev–Trinajstić information content (AvgIpc) is 3.50. The Labute approximate surface area is 182 Å². The van der Waals surface area contributed by atoms with E-state index >= 15 is 0 Å². The highest BCUT2D eigenvalue weighted by molar-refractivity contribution is 6.31. The van der Waals surface area contributed by atoms with Gasteiger partial charge < -0.3 is 10.1 Å².